The molecule has 2 rings (SSSR count). The molecule has 0 spiro atoms. The lowest BCUT2D eigenvalue weighted by molar-refractivity contribution is 0.197. The summed E-state index contributed by atoms with van der Waals surface area (Å²) in [5.41, 5.74) is 1.00. The van der Waals surface area contributed by atoms with Crippen LogP contribution in [0.4, 0.5) is 10.1 Å². The molecule has 1 fully saturated rings. The van der Waals surface area contributed by atoms with E-state index in [1.165, 1.54) is 12.1 Å². The van der Waals surface area contributed by atoms with E-state index in [1.54, 1.807) is 0 Å². The first-order chi connectivity index (χ1) is 9.57. The highest BCUT2D eigenvalue weighted by Gasteiger charge is 2.34. The van der Waals surface area contributed by atoms with Crippen LogP contribution < -0.4 is 5.32 Å². The summed E-state index contributed by atoms with van der Waals surface area (Å²) < 4.78 is 13.4. The summed E-state index contributed by atoms with van der Waals surface area (Å²) in [5.74, 6) is -0.260. The Morgan fingerprint density at radius 1 is 1.35 bits per heavy atom. The van der Waals surface area contributed by atoms with Gasteiger partial charge in [0.2, 0.25) is 0 Å². The summed E-state index contributed by atoms with van der Waals surface area (Å²) >= 11 is 0. The van der Waals surface area contributed by atoms with Gasteiger partial charge in [-0.3, -0.25) is 0 Å². The van der Waals surface area contributed by atoms with Gasteiger partial charge in [-0.1, -0.05) is 6.92 Å². The SMILES string of the molecule is CCCN1CCC(C#N)(Nc2cc(C)cc(F)c2)CC1. The molecule has 0 unspecified atom stereocenters. The maximum absolute atomic E-state index is 13.4. The van der Waals surface area contributed by atoms with E-state index in [-0.39, 0.29) is 5.82 Å². The van der Waals surface area contributed by atoms with E-state index < -0.39 is 5.54 Å². The number of aryl methyl sites for hydroxylation is 1. The molecule has 108 valence electrons. The van der Waals surface area contributed by atoms with Gasteiger partial charge in [-0.25, -0.2) is 4.39 Å². The van der Waals surface area contributed by atoms with E-state index in [9.17, 15) is 9.65 Å². The maximum atomic E-state index is 13.4. The fourth-order valence-corrected chi connectivity index (χ4v) is 2.82. The van der Waals surface area contributed by atoms with Crippen molar-refractivity contribution in [2.75, 3.05) is 25.0 Å². The molecule has 0 saturated carbocycles. The second-order valence-electron chi connectivity index (χ2n) is 5.68. The Kier molecular flexibility index (Phi) is 4.61. The number of hydrogen-bond acceptors (Lipinski definition) is 3. The van der Waals surface area contributed by atoms with Gasteiger partial charge >= 0.3 is 0 Å². The third kappa shape index (κ3) is 3.49. The van der Waals surface area contributed by atoms with Crippen molar-refractivity contribution in [2.45, 2.75) is 38.6 Å². The van der Waals surface area contributed by atoms with Gasteiger partial charge in [0.1, 0.15) is 11.4 Å². The molecule has 0 aromatic heterocycles. The molecule has 0 bridgehead atoms. The van der Waals surface area contributed by atoms with Crippen LogP contribution in [0.25, 0.3) is 0 Å². The van der Waals surface area contributed by atoms with Crippen molar-refractivity contribution in [3.63, 3.8) is 0 Å². The first kappa shape index (κ1) is 14.8. The Bertz CT molecular complexity index is 479. The molecule has 1 saturated heterocycles. The number of rotatable bonds is 4. The molecule has 0 atom stereocenters. The van der Waals surface area contributed by atoms with Gasteiger partial charge in [0.15, 0.2) is 0 Å². The number of piperidine rings is 1. The van der Waals surface area contributed by atoms with Gasteiger partial charge in [0.25, 0.3) is 0 Å². The molecule has 0 amide bonds. The van der Waals surface area contributed by atoms with Gasteiger partial charge < -0.3 is 10.2 Å². The number of anilines is 1. The molecule has 0 aliphatic carbocycles. The van der Waals surface area contributed by atoms with E-state index in [4.69, 9.17) is 0 Å². The normalized spacial score (nSPS) is 18.5. The molecule has 1 aliphatic rings. The molecule has 1 aromatic carbocycles. The quantitative estimate of drug-likeness (QED) is 0.916. The Labute approximate surface area is 120 Å². The Hall–Kier alpha value is -1.60. The van der Waals surface area contributed by atoms with Crippen molar-refractivity contribution in [3.05, 3.63) is 29.6 Å². The first-order valence-corrected chi connectivity index (χ1v) is 7.26. The molecule has 20 heavy (non-hydrogen) atoms. The van der Waals surface area contributed by atoms with Gasteiger partial charge in [0, 0.05) is 18.8 Å². The van der Waals surface area contributed by atoms with Crippen LogP contribution in [0, 0.1) is 24.1 Å². The summed E-state index contributed by atoms with van der Waals surface area (Å²) in [6, 6.07) is 7.25. The van der Waals surface area contributed by atoms with Crippen molar-refractivity contribution in [2.24, 2.45) is 0 Å². The fraction of sp³-hybridized carbons (Fsp3) is 0.562. The number of halogens is 1. The van der Waals surface area contributed by atoms with Crippen molar-refractivity contribution in [1.82, 2.24) is 4.90 Å². The monoisotopic (exact) mass is 275 g/mol. The van der Waals surface area contributed by atoms with E-state index in [1.807, 2.05) is 13.0 Å². The highest BCUT2D eigenvalue weighted by molar-refractivity contribution is 5.50. The first-order valence-electron chi connectivity index (χ1n) is 7.26. The lowest BCUT2D eigenvalue weighted by Gasteiger charge is -2.38. The molecule has 1 N–H and O–H groups in total. The van der Waals surface area contributed by atoms with E-state index in [0.717, 1.165) is 44.5 Å². The number of benzene rings is 1. The van der Waals surface area contributed by atoms with Crippen LogP contribution in [0.2, 0.25) is 0 Å². The molecular formula is C16H22FN3. The molecule has 0 radical (unpaired) electrons. The van der Waals surface area contributed by atoms with Gasteiger partial charge in [-0.05, 0) is 56.5 Å². The second kappa shape index (κ2) is 6.23. The largest absolute Gasteiger partial charge is 0.367 e. The average molecular weight is 275 g/mol. The number of nitriles is 1. The van der Waals surface area contributed by atoms with Crippen LogP contribution in [-0.4, -0.2) is 30.1 Å². The van der Waals surface area contributed by atoms with Crippen LogP contribution in [0.15, 0.2) is 18.2 Å². The Morgan fingerprint density at radius 2 is 2.05 bits per heavy atom. The second-order valence-corrected chi connectivity index (χ2v) is 5.68. The van der Waals surface area contributed by atoms with Crippen LogP contribution in [0.5, 0.6) is 0 Å². The smallest absolute Gasteiger partial charge is 0.127 e. The summed E-state index contributed by atoms with van der Waals surface area (Å²) in [5, 5.41) is 12.8. The van der Waals surface area contributed by atoms with Crippen molar-refractivity contribution in [1.29, 1.82) is 5.26 Å². The molecular weight excluding hydrogens is 253 g/mol. The number of likely N-dealkylation sites (tertiary alicyclic amines) is 1. The molecule has 1 heterocycles. The van der Waals surface area contributed by atoms with Crippen LogP contribution >= 0.6 is 0 Å². The van der Waals surface area contributed by atoms with Crippen molar-refractivity contribution >= 4 is 5.69 Å². The topological polar surface area (TPSA) is 39.1 Å². The zero-order valence-corrected chi connectivity index (χ0v) is 12.2. The van der Waals surface area contributed by atoms with E-state index in [2.05, 4.69) is 23.2 Å². The van der Waals surface area contributed by atoms with E-state index in [0.29, 0.717) is 5.69 Å². The number of nitrogens with zero attached hydrogens (tertiary/aromatic N) is 2. The molecule has 4 heteroatoms. The lowest BCUT2D eigenvalue weighted by atomic mass is 9.88. The summed E-state index contributed by atoms with van der Waals surface area (Å²) in [7, 11) is 0. The molecule has 1 aliphatic heterocycles. The van der Waals surface area contributed by atoms with Crippen molar-refractivity contribution in [3.8, 4) is 6.07 Å². The molecule has 3 nitrogen and oxygen atoms in total. The highest BCUT2D eigenvalue weighted by atomic mass is 19.1. The van der Waals surface area contributed by atoms with E-state index >= 15 is 0 Å². The summed E-state index contributed by atoms with van der Waals surface area (Å²) in [6.07, 6.45) is 2.69. The predicted octanol–water partition coefficient (Wildman–Crippen LogP) is 3.31. The third-order valence-electron chi connectivity index (χ3n) is 3.89. The Balaban J connectivity index is 2.08. The van der Waals surface area contributed by atoms with Crippen LogP contribution in [0.1, 0.15) is 31.7 Å². The standard InChI is InChI=1S/C16H22FN3/c1-3-6-20-7-4-16(12-18,5-8-20)19-15-10-13(2)9-14(17)11-15/h9-11,19H,3-8H2,1-2H3. The average Bonchev–Trinajstić information content (AvgIpc) is 2.40. The number of hydrogen-bond donors (Lipinski definition) is 1. The summed E-state index contributed by atoms with van der Waals surface area (Å²) in [6.45, 7) is 6.95. The van der Waals surface area contributed by atoms with Gasteiger partial charge in [-0.15, -0.1) is 0 Å². The van der Waals surface area contributed by atoms with Crippen LogP contribution in [0.3, 0.4) is 0 Å². The van der Waals surface area contributed by atoms with Gasteiger partial charge in [-0.2, -0.15) is 5.26 Å². The third-order valence-corrected chi connectivity index (χ3v) is 3.89. The minimum absolute atomic E-state index is 0.260. The number of nitrogens with one attached hydrogen (secondary N) is 1. The minimum Gasteiger partial charge on any atom is -0.367 e. The molecule has 1 aromatic rings. The lowest BCUT2D eigenvalue weighted by Crippen LogP contribution is -2.48. The Morgan fingerprint density at radius 3 is 2.60 bits per heavy atom. The van der Waals surface area contributed by atoms with Crippen molar-refractivity contribution < 1.29 is 4.39 Å². The van der Waals surface area contributed by atoms with Crippen LogP contribution in [-0.2, 0) is 0 Å². The maximum Gasteiger partial charge on any atom is 0.127 e. The predicted molar refractivity (Wildman–Crippen MR) is 79.1 cm³/mol. The summed E-state index contributed by atoms with van der Waals surface area (Å²) in [4.78, 5) is 2.38. The minimum atomic E-state index is -0.565. The highest BCUT2D eigenvalue weighted by Crippen LogP contribution is 2.27. The van der Waals surface area contributed by atoms with Gasteiger partial charge in [0.05, 0.1) is 6.07 Å². The zero-order valence-electron chi connectivity index (χ0n) is 12.2. The zero-order chi connectivity index (χ0) is 14.6. The fourth-order valence-electron chi connectivity index (χ4n) is 2.82.